The number of aromatic nitrogens is 1. The summed E-state index contributed by atoms with van der Waals surface area (Å²) in [5.74, 6) is 0.435. The number of pyridine rings is 1. The smallest absolute Gasteiger partial charge is 0.229 e. The Balaban J connectivity index is 2.01. The zero-order valence-electron chi connectivity index (χ0n) is 10.2. The Morgan fingerprint density at radius 3 is 2.72 bits per heavy atom. The van der Waals surface area contributed by atoms with E-state index in [1.807, 2.05) is 31.2 Å². The quantitative estimate of drug-likeness (QED) is 0.865. The van der Waals surface area contributed by atoms with Crippen molar-refractivity contribution < 1.29 is 4.79 Å². The van der Waals surface area contributed by atoms with Gasteiger partial charge in [0.05, 0.1) is 18.3 Å². The van der Waals surface area contributed by atoms with Crippen molar-refractivity contribution in [2.45, 2.75) is 13.3 Å². The van der Waals surface area contributed by atoms with Gasteiger partial charge in [0.25, 0.3) is 0 Å². The summed E-state index contributed by atoms with van der Waals surface area (Å²) in [6, 6.07) is 11.2. The molecule has 0 aliphatic carbocycles. The summed E-state index contributed by atoms with van der Waals surface area (Å²) in [5, 5.41) is 2.74. The van der Waals surface area contributed by atoms with Crippen LogP contribution in [0.3, 0.4) is 0 Å². The molecular formula is C14H15N3O. The van der Waals surface area contributed by atoms with Gasteiger partial charge < -0.3 is 11.1 Å². The molecule has 92 valence electrons. The number of carbonyl (C=O) groups excluding carboxylic acids is 1. The fourth-order valence-electron chi connectivity index (χ4n) is 1.65. The summed E-state index contributed by atoms with van der Waals surface area (Å²) < 4.78 is 0. The van der Waals surface area contributed by atoms with Crippen LogP contribution in [0.25, 0.3) is 0 Å². The van der Waals surface area contributed by atoms with Crippen LogP contribution in [0.4, 0.5) is 11.5 Å². The molecule has 0 fully saturated rings. The number of hydrogen-bond acceptors (Lipinski definition) is 3. The molecule has 0 atom stereocenters. The largest absolute Gasteiger partial charge is 0.397 e. The molecular weight excluding hydrogens is 226 g/mol. The van der Waals surface area contributed by atoms with Gasteiger partial charge in [-0.25, -0.2) is 4.98 Å². The number of amides is 1. The van der Waals surface area contributed by atoms with E-state index in [0.717, 1.165) is 11.1 Å². The second-order valence-electron chi connectivity index (χ2n) is 4.13. The normalized spacial score (nSPS) is 10.1. The summed E-state index contributed by atoms with van der Waals surface area (Å²) in [6.45, 7) is 1.99. The number of nitrogens with zero attached hydrogens (tertiary/aromatic N) is 1. The van der Waals surface area contributed by atoms with E-state index >= 15 is 0 Å². The lowest BCUT2D eigenvalue weighted by molar-refractivity contribution is -0.115. The number of aryl methyl sites for hydroxylation is 1. The van der Waals surface area contributed by atoms with Crippen molar-refractivity contribution in [1.82, 2.24) is 4.98 Å². The van der Waals surface area contributed by atoms with E-state index in [1.54, 1.807) is 12.1 Å². The van der Waals surface area contributed by atoms with Crippen molar-refractivity contribution in [2.24, 2.45) is 0 Å². The van der Waals surface area contributed by atoms with Gasteiger partial charge >= 0.3 is 0 Å². The highest BCUT2D eigenvalue weighted by molar-refractivity contribution is 5.91. The van der Waals surface area contributed by atoms with Gasteiger partial charge in [0.2, 0.25) is 5.91 Å². The Morgan fingerprint density at radius 1 is 1.28 bits per heavy atom. The molecule has 1 heterocycles. The summed E-state index contributed by atoms with van der Waals surface area (Å²) in [7, 11) is 0. The van der Waals surface area contributed by atoms with Gasteiger partial charge in [0.1, 0.15) is 5.82 Å². The first-order valence-corrected chi connectivity index (χ1v) is 5.71. The minimum Gasteiger partial charge on any atom is -0.397 e. The molecule has 2 rings (SSSR count). The van der Waals surface area contributed by atoms with Crippen molar-refractivity contribution in [2.75, 3.05) is 11.1 Å². The molecule has 1 amide bonds. The zero-order valence-corrected chi connectivity index (χ0v) is 10.2. The lowest BCUT2D eigenvalue weighted by Crippen LogP contribution is -2.15. The summed E-state index contributed by atoms with van der Waals surface area (Å²) >= 11 is 0. The summed E-state index contributed by atoms with van der Waals surface area (Å²) in [6.07, 6.45) is 1.86. The third-order valence-electron chi connectivity index (χ3n) is 2.67. The minimum absolute atomic E-state index is 0.0819. The fraction of sp³-hybridized carbons (Fsp3) is 0.143. The monoisotopic (exact) mass is 241 g/mol. The van der Waals surface area contributed by atoms with Crippen LogP contribution in [-0.2, 0) is 11.2 Å². The van der Waals surface area contributed by atoms with E-state index in [-0.39, 0.29) is 5.91 Å². The van der Waals surface area contributed by atoms with Crippen LogP contribution in [0.5, 0.6) is 0 Å². The van der Waals surface area contributed by atoms with Crippen LogP contribution in [0.2, 0.25) is 0 Å². The highest BCUT2D eigenvalue weighted by Crippen LogP contribution is 2.10. The number of nitrogens with one attached hydrogen (secondary N) is 1. The van der Waals surface area contributed by atoms with E-state index < -0.39 is 0 Å². The topological polar surface area (TPSA) is 68.0 Å². The number of nitrogens with two attached hydrogens (primary N) is 1. The molecule has 0 saturated heterocycles. The standard InChI is InChI=1S/C14H15N3O/c1-10-4-2-3-5-11(10)8-14(18)17-13-7-6-12(15)9-16-13/h2-7,9H,8,15H2,1H3,(H,16,17,18). The lowest BCUT2D eigenvalue weighted by atomic mass is 10.1. The van der Waals surface area contributed by atoms with Gasteiger partial charge in [0, 0.05) is 0 Å². The maximum absolute atomic E-state index is 11.8. The maximum Gasteiger partial charge on any atom is 0.229 e. The Kier molecular flexibility index (Phi) is 3.57. The Bertz CT molecular complexity index is 549. The lowest BCUT2D eigenvalue weighted by Gasteiger charge is -2.06. The summed E-state index contributed by atoms with van der Waals surface area (Å²) in [5.41, 5.74) is 8.23. The first kappa shape index (κ1) is 12.1. The number of nitrogen functional groups attached to an aromatic ring is 1. The van der Waals surface area contributed by atoms with Crippen molar-refractivity contribution in [3.8, 4) is 0 Å². The van der Waals surface area contributed by atoms with Crippen LogP contribution in [0.1, 0.15) is 11.1 Å². The molecule has 0 spiro atoms. The molecule has 0 unspecified atom stereocenters. The molecule has 18 heavy (non-hydrogen) atoms. The number of anilines is 2. The van der Waals surface area contributed by atoms with Crippen LogP contribution in [0, 0.1) is 6.92 Å². The average molecular weight is 241 g/mol. The molecule has 1 aromatic heterocycles. The van der Waals surface area contributed by atoms with Crippen LogP contribution in [-0.4, -0.2) is 10.9 Å². The van der Waals surface area contributed by atoms with Gasteiger partial charge in [-0.1, -0.05) is 24.3 Å². The predicted octanol–water partition coefficient (Wildman–Crippen LogP) is 2.15. The van der Waals surface area contributed by atoms with Crippen molar-refractivity contribution in [3.05, 3.63) is 53.7 Å². The van der Waals surface area contributed by atoms with Gasteiger partial charge in [-0.2, -0.15) is 0 Å². The number of hydrogen-bond donors (Lipinski definition) is 2. The highest BCUT2D eigenvalue weighted by Gasteiger charge is 2.06. The molecule has 0 saturated carbocycles. The Hall–Kier alpha value is -2.36. The SMILES string of the molecule is Cc1ccccc1CC(=O)Nc1ccc(N)cn1. The number of rotatable bonds is 3. The van der Waals surface area contributed by atoms with Crippen LogP contribution >= 0.6 is 0 Å². The van der Waals surface area contributed by atoms with Gasteiger partial charge in [-0.05, 0) is 30.2 Å². The van der Waals surface area contributed by atoms with Crippen molar-refractivity contribution in [1.29, 1.82) is 0 Å². The van der Waals surface area contributed by atoms with E-state index in [0.29, 0.717) is 17.9 Å². The number of benzene rings is 1. The third kappa shape index (κ3) is 3.07. The second kappa shape index (κ2) is 5.31. The van der Waals surface area contributed by atoms with E-state index in [1.165, 1.54) is 6.20 Å². The van der Waals surface area contributed by atoms with E-state index in [9.17, 15) is 4.79 Å². The molecule has 4 heteroatoms. The van der Waals surface area contributed by atoms with Gasteiger partial charge in [0.15, 0.2) is 0 Å². The van der Waals surface area contributed by atoms with Gasteiger partial charge in [-0.15, -0.1) is 0 Å². The van der Waals surface area contributed by atoms with Crippen LogP contribution < -0.4 is 11.1 Å². The maximum atomic E-state index is 11.8. The number of carbonyl (C=O) groups is 1. The van der Waals surface area contributed by atoms with Crippen molar-refractivity contribution in [3.63, 3.8) is 0 Å². The molecule has 0 bridgehead atoms. The van der Waals surface area contributed by atoms with E-state index in [4.69, 9.17) is 5.73 Å². The predicted molar refractivity (Wildman–Crippen MR) is 72.2 cm³/mol. The minimum atomic E-state index is -0.0819. The first-order valence-electron chi connectivity index (χ1n) is 5.71. The third-order valence-corrected chi connectivity index (χ3v) is 2.67. The fourth-order valence-corrected chi connectivity index (χ4v) is 1.65. The molecule has 0 aliphatic heterocycles. The van der Waals surface area contributed by atoms with Gasteiger partial charge in [-0.3, -0.25) is 4.79 Å². The van der Waals surface area contributed by atoms with Crippen LogP contribution in [0.15, 0.2) is 42.6 Å². The Morgan fingerprint density at radius 2 is 2.06 bits per heavy atom. The molecule has 0 radical (unpaired) electrons. The van der Waals surface area contributed by atoms with E-state index in [2.05, 4.69) is 10.3 Å². The Labute approximate surface area is 106 Å². The molecule has 4 nitrogen and oxygen atoms in total. The molecule has 2 aromatic rings. The summed E-state index contributed by atoms with van der Waals surface area (Å²) in [4.78, 5) is 15.9. The average Bonchev–Trinajstić information content (AvgIpc) is 2.35. The zero-order chi connectivity index (χ0) is 13.0. The highest BCUT2D eigenvalue weighted by atomic mass is 16.1. The molecule has 1 aromatic carbocycles. The molecule has 3 N–H and O–H groups in total. The second-order valence-corrected chi connectivity index (χ2v) is 4.13. The van der Waals surface area contributed by atoms with Crippen molar-refractivity contribution >= 4 is 17.4 Å². The molecule has 0 aliphatic rings. The first-order chi connectivity index (χ1) is 8.65.